The lowest BCUT2D eigenvalue weighted by atomic mass is 10.1. The molecule has 0 radical (unpaired) electrons. The Balaban J connectivity index is 1.85. The third-order valence-electron chi connectivity index (χ3n) is 4.66. The first-order valence-corrected chi connectivity index (χ1v) is 9.01. The second-order valence-electron chi connectivity index (χ2n) is 6.37. The monoisotopic (exact) mass is 393 g/mol. The number of nitrogens with one attached hydrogen (secondary N) is 1. The highest BCUT2D eigenvalue weighted by atomic mass is 16.5. The van der Waals surface area contributed by atoms with Gasteiger partial charge in [-0.1, -0.05) is 18.2 Å². The molecular formula is C22H23N3O4. The first-order chi connectivity index (χ1) is 14.0. The van der Waals surface area contributed by atoms with Crippen LogP contribution in [0.25, 0.3) is 11.8 Å². The van der Waals surface area contributed by atoms with E-state index in [1.165, 1.54) is 10.8 Å². The van der Waals surface area contributed by atoms with Crippen molar-refractivity contribution >= 4 is 17.7 Å². The molecule has 1 aromatic heterocycles. The molecule has 0 saturated carbocycles. The van der Waals surface area contributed by atoms with Gasteiger partial charge in [0.05, 0.1) is 25.6 Å². The lowest BCUT2D eigenvalue weighted by Crippen LogP contribution is -2.22. The van der Waals surface area contributed by atoms with E-state index in [0.717, 1.165) is 11.3 Å². The van der Waals surface area contributed by atoms with Gasteiger partial charge in [0.1, 0.15) is 17.2 Å². The molecular weight excluding hydrogens is 370 g/mol. The molecule has 0 aliphatic heterocycles. The SMILES string of the molecule is COc1ccc(C=CC(=O)Nc2c(C)n(C)n(-c3ccccc3)c2=O)c(OC)c1. The second kappa shape index (κ2) is 8.52. The standard InChI is InChI=1S/C22H23N3O4/c1-15-21(22(27)25(24(15)2)17-8-6-5-7-9-17)23-20(26)13-11-16-10-12-18(28-3)14-19(16)29-4/h5-14H,1-4H3,(H,23,26). The first-order valence-electron chi connectivity index (χ1n) is 9.01. The third-order valence-corrected chi connectivity index (χ3v) is 4.66. The molecule has 7 nitrogen and oxygen atoms in total. The Hall–Kier alpha value is -3.74. The Bertz CT molecular complexity index is 1110. The number of benzene rings is 2. The second-order valence-corrected chi connectivity index (χ2v) is 6.37. The Labute approximate surface area is 168 Å². The summed E-state index contributed by atoms with van der Waals surface area (Å²) in [6.07, 6.45) is 2.99. The summed E-state index contributed by atoms with van der Waals surface area (Å²) in [5.74, 6) is 0.828. The largest absolute Gasteiger partial charge is 0.497 e. The quantitative estimate of drug-likeness (QED) is 0.653. The van der Waals surface area contributed by atoms with Crippen LogP contribution >= 0.6 is 0 Å². The number of amides is 1. The van der Waals surface area contributed by atoms with Crippen molar-refractivity contribution in [3.8, 4) is 17.2 Å². The van der Waals surface area contributed by atoms with E-state index in [2.05, 4.69) is 5.32 Å². The third kappa shape index (κ3) is 4.08. The normalized spacial score (nSPS) is 10.9. The fraction of sp³-hybridized carbons (Fsp3) is 0.182. The number of carbonyl (C=O) groups excluding carboxylic acids is 1. The Kier molecular flexibility index (Phi) is 5.87. The predicted molar refractivity (Wildman–Crippen MR) is 113 cm³/mol. The summed E-state index contributed by atoms with van der Waals surface area (Å²) >= 11 is 0. The highest BCUT2D eigenvalue weighted by Crippen LogP contribution is 2.25. The average Bonchev–Trinajstić information content (AvgIpc) is 2.95. The molecule has 1 amide bonds. The van der Waals surface area contributed by atoms with Crippen LogP contribution in [0.3, 0.4) is 0 Å². The van der Waals surface area contributed by atoms with E-state index in [1.807, 2.05) is 30.3 Å². The van der Waals surface area contributed by atoms with Gasteiger partial charge in [0, 0.05) is 24.8 Å². The molecule has 0 atom stereocenters. The zero-order valence-corrected chi connectivity index (χ0v) is 16.8. The number of aromatic nitrogens is 2. The summed E-state index contributed by atoms with van der Waals surface area (Å²) in [7, 11) is 4.89. The van der Waals surface area contributed by atoms with E-state index < -0.39 is 5.91 Å². The summed E-state index contributed by atoms with van der Waals surface area (Å²) in [4.78, 5) is 25.3. The molecule has 0 unspecified atom stereocenters. The number of hydrogen-bond donors (Lipinski definition) is 1. The molecule has 3 aromatic rings. The summed E-state index contributed by atoms with van der Waals surface area (Å²) in [5, 5.41) is 2.69. The number of rotatable bonds is 6. The summed E-state index contributed by atoms with van der Waals surface area (Å²) in [6, 6.07) is 14.6. The number of hydrogen-bond acceptors (Lipinski definition) is 4. The predicted octanol–water partition coefficient (Wildman–Crippen LogP) is 3.15. The number of carbonyl (C=O) groups is 1. The van der Waals surface area contributed by atoms with E-state index in [4.69, 9.17) is 9.47 Å². The fourth-order valence-electron chi connectivity index (χ4n) is 3.00. The Morgan fingerprint density at radius 2 is 1.79 bits per heavy atom. The van der Waals surface area contributed by atoms with Crippen molar-refractivity contribution in [3.05, 3.63) is 76.2 Å². The van der Waals surface area contributed by atoms with Gasteiger partial charge in [-0.15, -0.1) is 0 Å². The van der Waals surface area contributed by atoms with E-state index in [9.17, 15) is 9.59 Å². The summed E-state index contributed by atoms with van der Waals surface area (Å²) < 4.78 is 13.7. The number of nitrogens with zero attached hydrogens (tertiary/aromatic N) is 2. The molecule has 0 saturated heterocycles. The topological polar surface area (TPSA) is 74.5 Å². The average molecular weight is 393 g/mol. The maximum Gasteiger partial charge on any atom is 0.295 e. The van der Waals surface area contributed by atoms with Gasteiger partial charge in [0.2, 0.25) is 5.91 Å². The van der Waals surface area contributed by atoms with E-state index in [1.54, 1.807) is 57.1 Å². The van der Waals surface area contributed by atoms with Crippen molar-refractivity contribution < 1.29 is 14.3 Å². The van der Waals surface area contributed by atoms with Crippen molar-refractivity contribution in [2.24, 2.45) is 7.05 Å². The van der Waals surface area contributed by atoms with Gasteiger partial charge in [0.25, 0.3) is 5.56 Å². The number of anilines is 1. The van der Waals surface area contributed by atoms with Crippen molar-refractivity contribution in [1.82, 2.24) is 9.36 Å². The minimum atomic E-state index is -0.408. The van der Waals surface area contributed by atoms with Crippen LogP contribution in [0.15, 0.2) is 59.4 Å². The van der Waals surface area contributed by atoms with E-state index in [-0.39, 0.29) is 11.2 Å². The lowest BCUT2D eigenvalue weighted by Gasteiger charge is -2.07. The van der Waals surface area contributed by atoms with Gasteiger partial charge >= 0.3 is 0 Å². The molecule has 0 fully saturated rings. The van der Waals surface area contributed by atoms with Gasteiger partial charge in [0.15, 0.2) is 0 Å². The number of methoxy groups -OCH3 is 2. The lowest BCUT2D eigenvalue weighted by molar-refractivity contribution is -0.111. The molecule has 29 heavy (non-hydrogen) atoms. The highest BCUT2D eigenvalue weighted by Gasteiger charge is 2.17. The van der Waals surface area contributed by atoms with Crippen molar-refractivity contribution in [3.63, 3.8) is 0 Å². The van der Waals surface area contributed by atoms with E-state index in [0.29, 0.717) is 17.2 Å². The van der Waals surface area contributed by atoms with Gasteiger partial charge in [-0.3, -0.25) is 14.3 Å². The van der Waals surface area contributed by atoms with Crippen LogP contribution in [0, 0.1) is 6.92 Å². The molecule has 0 spiro atoms. The highest BCUT2D eigenvalue weighted by molar-refractivity contribution is 6.02. The molecule has 1 heterocycles. The van der Waals surface area contributed by atoms with Gasteiger partial charge in [-0.25, -0.2) is 4.68 Å². The Morgan fingerprint density at radius 3 is 2.45 bits per heavy atom. The Morgan fingerprint density at radius 1 is 1.07 bits per heavy atom. The van der Waals surface area contributed by atoms with Crippen molar-refractivity contribution in [1.29, 1.82) is 0 Å². The van der Waals surface area contributed by atoms with Crippen molar-refractivity contribution in [2.75, 3.05) is 19.5 Å². The van der Waals surface area contributed by atoms with Crippen molar-refractivity contribution in [2.45, 2.75) is 6.92 Å². The molecule has 3 rings (SSSR count). The zero-order chi connectivity index (χ0) is 21.0. The van der Waals surface area contributed by atoms with Crippen LogP contribution in [0.1, 0.15) is 11.3 Å². The number of ether oxygens (including phenoxy) is 2. The molecule has 2 aromatic carbocycles. The fourth-order valence-corrected chi connectivity index (χ4v) is 3.00. The number of para-hydroxylation sites is 1. The van der Waals surface area contributed by atoms with Gasteiger partial charge < -0.3 is 14.8 Å². The maximum atomic E-state index is 12.9. The van der Waals surface area contributed by atoms with Gasteiger partial charge in [-0.05, 0) is 37.3 Å². The van der Waals surface area contributed by atoms with Gasteiger partial charge in [-0.2, -0.15) is 0 Å². The first kappa shape index (κ1) is 20.0. The van der Waals surface area contributed by atoms with Crippen LogP contribution in [-0.4, -0.2) is 29.5 Å². The van der Waals surface area contributed by atoms with Crippen LogP contribution in [0.4, 0.5) is 5.69 Å². The molecule has 0 aliphatic carbocycles. The van der Waals surface area contributed by atoms with E-state index >= 15 is 0 Å². The molecule has 0 bridgehead atoms. The zero-order valence-electron chi connectivity index (χ0n) is 16.8. The maximum absolute atomic E-state index is 12.9. The summed E-state index contributed by atoms with van der Waals surface area (Å²) in [5.41, 5.74) is 2.05. The van der Waals surface area contributed by atoms with Crippen LogP contribution in [-0.2, 0) is 11.8 Å². The minimum absolute atomic E-state index is 0.243. The molecule has 0 aliphatic rings. The minimum Gasteiger partial charge on any atom is -0.497 e. The molecule has 150 valence electrons. The summed E-state index contributed by atoms with van der Waals surface area (Å²) in [6.45, 7) is 1.78. The molecule has 7 heteroatoms. The van der Waals surface area contributed by atoms with Crippen LogP contribution in [0.5, 0.6) is 11.5 Å². The molecule has 1 N–H and O–H groups in total. The van der Waals surface area contributed by atoms with Crippen LogP contribution < -0.4 is 20.3 Å². The van der Waals surface area contributed by atoms with Crippen LogP contribution in [0.2, 0.25) is 0 Å². The smallest absolute Gasteiger partial charge is 0.295 e.